The van der Waals surface area contributed by atoms with E-state index in [0.29, 0.717) is 30.2 Å². The first-order valence-electron chi connectivity index (χ1n) is 8.04. The Morgan fingerprint density at radius 1 is 1.32 bits per heavy atom. The van der Waals surface area contributed by atoms with Gasteiger partial charge in [-0.05, 0) is 24.6 Å². The van der Waals surface area contributed by atoms with Crippen molar-refractivity contribution >= 4 is 5.91 Å². The number of nitrogens with one attached hydrogen (secondary N) is 1. The van der Waals surface area contributed by atoms with Gasteiger partial charge in [-0.25, -0.2) is 0 Å². The van der Waals surface area contributed by atoms with Crippen molar-refractivity contribution in [3.63, 3.8) is 0 Å². The highest BCUT2D eigenvalue weighted by atomic mass is 16.5. The molecule has 1 saturated heterocycles. The van der Waals surface area contributed by atoms with Gasteiger partial charge in [-0.2, -0.15) is 5.10 Å². The molecule has 1 fully saturated rings. The van der Waals surface area contributed by atoms with E-state index in [1.54, 1.807) is 25.3 Å². The number of amides is 1. The maximum absolute atomic E-state index is 12.4. The minimum absolute atomic E-state index is 0.0971. The summed E-state index contributed by atoms with van der Waals surface area (Å²) in [4.78, 5) is 13.9. The predicted octanol–water partition coefficient (Wildman–Crippen LogP) is 0.565. The number of nitrogens with zero attached hydrogens (tertiary/aromatic N) is 2. The molecule has 1 aromatic heterocycles. The number of para-hydroxylation sites is 2. The van der Waals surface area contributed by atoms with E-state index in [2.05, 4.69) is 10.2 Å². The number of piperidine rings is 1. The number of likely N-dealkylation sites (tertiary alicyclic amines) is 1. The Bertz CT molecular complexity index is 733. The number of ether oxygens (including phenoxy) is 2. The van der Waals surface area contributed by atoms with Crippen molar-refractivity contribution in [2.45, 2.75) is 25.2 Å². The third-order valence-electron chi connectivity index (χ3n) is 4.14. The molecule has 2 heterocycles. The van der Waals surface area contributed by atoms with Crippen LogP contribution in [0.4, 0.5) is 0 Å². The molecule has 0 radical (unpaired) electrons. The molecule has 1 aromatic carbocycles. The van der Waals surface area contributed by atoms with Gasteiger partial charge in [0, 0.05) is 13.1 Å². The fourth-order valence-corrected chi connectivity index (χ4v) is 2.70. The topological polar surface area (TPSA) is 108 Å². The van der Waals surface area contributed by atoms with Crippen LogP contribution in [0.5, 0.6) is 11.5 Å². The second-order valence-electron chi connectivity index (χ2n) is 5.89. The molecule has 0 aliphatic carbocycles. The number of hydrogen-bond donors (Lipinski definition) is 3. The Morgan fingerprint density at radius 3 is 2.80 bits per heavy atom. The SMILES string of the molecule is COc1ccccc1OCc1cc(C(=O)N2CC[C@@H](O)[C@H](O)C2)n[nH]1. The summed E-state index contributed by atoms with van der Waals surface area (Å²) in [5, 5.41) is 26.0. The highest BCUT2D eigenvalue weighted by Crippen LogP contribution is 2.26. The van der Waals surface area contributed by atoms with Gasteiger partial charge in [0.05, 0.1) is 25.0 Å². The Kier molecular flexibility index (Phi) is 5.20. The zero-order chi connectivity index (χ0) is 17.8. The molecular formula is C17H21N3O5. The summed E-state index contributed by atoms with van der Waals surface area (Å²) in [6.45, 7) is 0.693. The number of aliphatic hydroxyl groups is 2. The number of H-pyrrole nitrogens is 1. The lowest BCUT2D eigenvalue weighted by Gasteiger charge is -2.32. The minimum Gasteiger partial charge on any atom is -0.493 e. The second-order valence-corrected chi connectivity index (χ2v) is 5.89. The summed E-state index contributed by atoms with van der Waals surface area (Å²) < 4.78 is 10.9. The van der Waals surface area contributed by atoms with E-state index >= 15 is 0 Å². The summed E-state index contributed by atoms with van der Waals surface area (Å²) in [5.74, 6) is 0.936. The van der Waals surface area contributed by atoms with Gasteiger partial charge in [-0.15, -0.1) is 0 Å². The van der Waals surface area contributed by atoms with Gasteiger partial charge >= 0.3 is 0 Å². The quantitative estimate of drug-likeness (QED) is 0.730. The van der Waals surface area contributed by atoms with E-state index < -0.39 is 12.2 Å². The zero-order valence-electron chi connectivity index (χ0n) is 13.9. The van der Waals surface area contributed by atoms with Crippen molar-refractivity contribution in [2.24, 2.45) is 0 Å². The smallest absolute Gasteiger partial charge is 0.274 e. The largest absolute Gasteiger partial charge is 0.493 e. The molecule has 25 heavy (non-hydrogen) atoms. The molecule has 2 atom stereocenters. The van der Waals surface area contributed by atoms with Crippen molar-refractivity contribution in [3.05, 3.63) is 41.7 Å². The predicted molar refractivity (Wildman–Crippen MR) is 88.4 cm³/mol. The first kappa shape index (κ1) is 17.2. The van der Waals surface area contributed by atoms with Crippen LogP contribution in [0, 0.1) is 0 Å². The number of hydrogen-bond acceptors (Lipinski definition) is 6. The monoisotopic (exact) mass is 347 g/mol. The number of β-amino-alcohol motifs (C(OH)–C–C–N with tert-alkyl or cyclic N) is 1. The van der Waals surface area contributed by atoms with Crippen LogP contribution in [0.1, 0.15) is 22.6 Å². The molecule has 1 aliphatic rings. The fraction of sp³-hybridized carbons (Fsp3) is 0.412. The lowest BCUT2D eigenvalue weighted by molar-refractivity contribution is -0.0323. The van der Waals surface area contributed by atoms with E-state index in [1.165, 1.54) is 4.90 Å². The number of aromatic nitrogens is 2. The van der Waals surface area contributed by atoms with Gasteiger partial charge < -0.3 is 24.6 Å². The van der Waals surface area contributed by atoms with E-state index in [4.69, 9.17) is 9.47 Å². The van der Waals surface area contributed by atoms with Crippen LogP contribution < -0.4 is 9.47 Å². The Hall–Kier alpha value is -2.58. The zero-order valence-corrected chi connectivity index (χ0v) is 13.9. The summed E-state index contributed by atoms with van der Waals surface area (Å²) in [7, 11) is 1.57. The number of aromatic amines is 1. The number of carbonyl (C=O) groups is 1. The van der Waals surface area contributed by atoms with Crippen molar-refractivity contribution in [1.29, 1.82) is 0 Å². The van der Waals surface area contributed by atoms with E-state index in [1.807, 2.05) is 12.1 Å². The highest BCUT2D eigenvalue weighted by Gasteiger charge is 2.30. The molecule has 134 valence electrons. The van der Waals surface area contributed by atoms with Crippen molar-refractivity contribution < 1.29 is 24.5 Å². The normalized spacial score (nSPS) is 20.4. The van der Waals surface area contributed by atoms with Gasteiger partial charge in [0.1, 0.15) is 6.61 Å². The summed E-state index contributed by atoms with van der Waals surface area (Å²) >= 11 is 0. The third kappa shape index (κ3) is 3.92. The molecule has 0 bridgehead atoms. The van der Waals surface area contributed by atoms with E-state index in [9.17, 15) is 15.0 Å². The van der Waals surface area contributed by atoms with Gasteiger partial charge in [0.15, 0.2) is 17.2 Å². The Balaban J connectivity index is 1.61. The fourth-order valence-electron chi connectivity index (χ4n) is 2.70. The lowest BCUT2D eigenvalue weighted by atomic mass is 10.0. The van der Waals surface area contributed by atoms with Gasteiger partial charge in [0.2, 0.25) is 0 Å². The van der Waals surface area contributed by atoms with Crippen LogP contribution in [0.15, 0.2) is 30.3 Å². The van der Waals surface area contributed by atoms with Gasteiger partial charge in [-0.3, -0.25) is 9.89 Å². The molecule has 3 rings (SSSR count). The number of carbonyl (C=O) groups excluding carboxylic acids is 1. The number of aliphatic hydroxyl groups excluding tert-OH is 2. The van der Waals surface area contributed by atoms with Crippen molar-refractivity contribution in [1.82, 2.24) is 15.1 Å². The Labute approximate surface area is 145 Å². The molecule has 8 nitrogen and oxygen atoms in total. The summed E-state index contributed by atoms with van der Waals surface area (Å²) in [5.41, 5.74) is 0.897. The number of benzene rings is 1. The number of rotatable bonds is 5. The molecule has 2 aromatic rings. The van der Waals surface area contributed by atoms with Crippen LogP contribution >= 0.6 is 0 Å². The summed E-state index contributed by atoms with van der Waals surface area (Å²) in [6.07, 6.45) is -1.36. The average molecular weight is 347 g/mol. The van der Waals surface area contributed by atoms with Crippen LogP contribution in [-0.2, 0) is 6.61 Å². The highest BCUT2D eigenvalue weighted by molar-refractivity contribution is 5.92. The molecule has 0 unspecified atom stereocenters. The van der Waals surface area contributed by atoms with Crippen LogP contribution in [0.2, 0.25) is 0 Å². The van der Waals surface area contributed by atoms with Crippen LogP contribution in [0.25, 0.3) is 0 Å². The van der Waals surface area contributed by atoms with Gasteiger partial charge in [0.25, 0.3) is 5.91 Å². The Morgan fingerprint density at radius 2 is 2.08 bits per heavy atom. The first-order valence-corrected chi connectivity index (χ1v) is 8.04. The first-order chi connectivity index (χ1) is 12.1. The van der Waals surface area contributed by atoms with E-state index in [0.717, 1.165) is 0 Å². The van der Waals surface area contributed by atoms with Crippen LogP contribution in [-0.4, -0.2) is 63.6 Å². The number of methoxy groups -OCH3 is 1. The molecule has 0 saturated carbocycles. The van der Waals surface area contributed by atoms with Crippen LogP contribution in [0.3, 0.4) is 0 Å². The molecule has 1 amide bonds. The lowest BCUT2D eigenvalue weighted by Crippen LogP contribution is -2.49. The molecule has 8 heteroatoms. The maximum Gasteiger partial charge on any atom is 0.274 e. The average Bonchev–Trinajstić information content (AvgIpc) is 3.11. The minimum atomic E-state index is -0.926. The third-order valence-corrected chi connectivity index (χ3v) is 4.14. The molecular weight excluding hydrogens is 326 g/mol. The molecule has 3 N–H and O–H groups in total. The van der Waals surface area contributed by atoms with Crippen molar-refractivity contribution in [3.8, 4) is 11.5 Å². The van der Waals surface area contributed by atoms with Gasteiger partial charge in [-0.1, -0.05) is 12.1 Å². The molecule has 0 spiro atoms. The standard InChI is InChI=1S/C17H21N3O5/c1-24-15-4-2-3-5-16(15)25-10-11-8-12(19-18-11)17(23)20-7-6-13(21)14(22)9-20/h2-5,8,13-14,21-22H,6-7,9-10H2,1H3,(H,18,19)/t13-,14-/m1/s1. The molecule has 1 aliphatic heterocycles. The maximum atomic E-state index is 12.4. The van der Waals surface area contributed by atoms with Crippen molar-refractivity contribution in [2.75, 3.05) is 20.2 Å². The van der Waals surface area contributed by atoms with E-state index in [-0.39, 0.29) is 24.8 Å². The second kappa shape index (κ2) is 7.54. The summed E-state index contributed by atoms with van der Waals surface area (Å²) in [6, 6.07) is 8.91.